The van der Waals surface area contributed by atoms with Crippen molar-refractivity contribution in [1.82, 2.24) is 4.90 Å². The van der Waals surface area contributed by atoms with E-state index in [9.17, 15) is 22.8 Å². The van der Waals surface area contributed by atoms with Gasteiger partial charge in [-0.2, -0.15) is 0 Å². The molecule has 6 nitrogen and oxygen atoms in total. The van der Waals surface area contributed by atoms with Gasteiger partial charge in [0.2, 0.25) is 11.8 Å². The second kappa shape index (κ2) is 10.6. The second-order valence-electron chi connectivity index (χ2n) is 7.63. The monoisotopic (exact) mass is 499 g/mol. The molecule has 1 aliphatic heterocycles. The Hall–Kier alpha value is -3.79. The van der Waals surface area contributed by atoms with Gasteiger partial charge in [0.05, 0.1) is 25.0 Å². The van der Waals surface area contributed by atoms with Crippen LogP contribution in [0.2, 0.25) is 0 Å². The molecule has 2 amide bonds. The van der Waals surface area contributed by atoms with E-state index >= 15 is 0 Å². The molecule has 3 aromatic rings. The Kier molecular flexibility index (Phi) is 7.40. The van der Waals surface area contributed by atoms with Gasteiger partial charge in [-0.3, -0.25) is 14.5 Å². The first-order valence-corrected chi connectivity index (χ1v) is 11.4. The van der Waals surface area contributed by atoms with E-state index < -0.39 is 28.6 Å². The van der Waals surface area contributed by atoms with Gasteiger partial charge in [0, 0.05) is 12.5 Å². The summed E-state index contributed by atoms with van der Waals surface area (Å²) in [6, 6.07) is 15.4. The van der Waals surface area contributed by atoms with Crippen molar-refractivity contribution in [1.29, 1.82) is 0 Å². The fourth-order valence-corrected chi connectivity index (χ4v) is 4.53. The molecule has 1 N–H and O–H groups in total. The summed E-state index contributed by atoms with van der Waals surface area (Å²) in [5.41, 5.74) is 1.08. The van der Waals surface area contributed by atoms with Crippen molar-refractivity contribution in [2.75, 3.05) is 12.4 Å². The third-order valence-electron chi connectivity index (χ3n) is 5.15. The molecule has 35 heavy (non-hydrogen) atoms. The zero-order valence-electron chi connectivity index (χ0n) is 18.5. The van der Waals surface area contributed by atoms with Gasteiger partial charge in [0.25, 0.3) is 0 Å². The van der Waals surface area contributed by atoms with Gasteiger partial charge in [-0.05, 0) is 54.1 Å². The van der Waals surface area contributed by atoms with Crippen LogP contribution in [-0.4, -0.2) is 34.2 Å². The number of amidine groups is 1. The van der Waals surface area contributed by atoms with E-state index in [1.807, 2.05) is 0 Å². The lowest BCUT2D eigenvalue weighted by atomic mass is 10.2. The Labute approximate surface area is 203 Å². The van der Waals surface area contributed by atoms with Crippen LogP contribution in [-0.2, 0) is 16.1 Å². The number of ether oxygens (including phenoxy) is 1. The maximum atomic E-state index is 13.9. The molecule has 4 rings (SSSR count). The van der Waals surface area contributed by atoms with Crippen LogP contribution in [0.25, 0.3) is 0 Å². The zero-order valence-corrected chi connectivity index (χ0v) is 19.3. The number of thioether (sulfide) groups is 1. The van der Waals surface area contributed by atoms with E-state index in [2.05, 4.69) is 10.3 Å². The first kappa shape index (κ1) is 24.3. The third-order valence-corrected chi connectivity index (χ3v) is 6.32. The number of hydrogen-bond acceptors (Lipinski definition) is 5. The van der Waals surface area contributed by atoms with Gasteiger partial charge in [-0.1, -0.05) is 23.9 Å². The summed E-state index contributed by atoms with van der Waals surface area (Å²) in [5.74, 6) is -2.39. The number of anilines is 1. The molecule has 1 saturated heterocycles. The van der Waals surface area contributed by atoms with Crippen molar-refractivity contribution in [3.8, 4) is 5.75 Å². The van der Waals surface area contributed by atoms with Crippen LogP contribution in [0.5, 0.6) is 5.75 Å². The summed E-state index contributed by atoms with van der Waals surface area (Å²) in [6.07, 6.45) is -0.248. The van der Waals surface area contributed by atoms with Gasteiger partial charge in [-0.25, -0.2) is 18.2 Å². The molecule has 1 heterocycles. The van der Waals surface area contributed by atoms with Crippen molar-refractivity contribution in [3.05, 3.63) is 89.7 Å². The molecular weight excluding hydrogens is 479 g/mol. The van der Waals surface area contributed by atoms with Crippen LogP contribution in [0.3, 0.4) is 0 Å². The van der Waals surface area contributed by atoms with Crippen LogP contribution < -0.4 is 10.1 Å². The van der Waals surface area contributed by atoms with E-state index in [1.165, 1.54) is 17.0 Å². The highest BCUT2D eigenvalue weighted by Gasteiger charge is 2.39. The van der Waals surface area contributed by atoms with Crippen LogP contribution >= 0.6 is 11.8 Å². The van der Waals surface area contributed by atoms with Crippen molar-refractivity contribution >= 4 is 40.1 Å². The fourth-order valence-electron chi connectivity index (χ4n) is 3.37. The number of aliphatic imine (C=N–C) groups is 1. The highest BCUT2D eigenvalue weighted by molar-refractivity contribution is 8.15. The lowest BCUT2D eigenvalue weighted by Gasteiger charge is -2.17. The highest BCUT2D eigenvalue weighted by Crippen LogP contribution is 2.33. The molecule has 0 bridgehead atoms. The van der Waals surface area contributed by atoms with E-state index in [0.29, 0.717) is 28.2 Å². The average Bonchev–Trinajstić information content (AvgIpc) is 3.11. The second-order valence-corrected chi connectivity index (χ2v) is 8.80. The van der Waals surface area contributed by atoms with Gasteiger partial charge in [-0.15, -0.1) is 0 Å². The minimum absolute atomic E-state index is 0.131. The predicted molar refractivity (Wildman–Crippen MR) is 128 cm³/mol. The maximum absolute atomic E-state index is 13.9. The largest absolute Gasteiger partial charge is 0.497 e. The topological polar surface area (TPSA) is 71.0 Å². The molecule has 0 saturated carbocycles. The number of halogens is 3. The summed E-state index contributed by atoms with van der Waals surface area (Å²) >= 11 is 1.11. The third kappa shape index (κ3) is 6.02. The minimum Gasteiger partial charge on any atom is -0.497 e. The molecular formula is C25H20F3N3O3S. The lowest BCUT2D eigenvalue weighted by Crippen LogP contribution is -2.33. The Morgan fingerprint density at radius 2 is 1.71 bits per heavy atom. The number of amides is 2. The van der Waals surface area contributed by atoms with E-state index in [4.69, 9.17) is 4.74 Å². The molecule has 1 aliphatic rings. The van der Waals surface area contributed by atoms with E-state index in [0.717, 1.165) is 23.9 Å². The first-order valence-electron chi connectivity index (χ1n) is 10.5. The Bertz CT molecular complexity index is 1270. The smallest absolute Gasteiger partial charge is 0.242 e. The van der Waals surface area contributed by atoms with Gasteiger partial charge in [0.1, 0.15) is 28.5 Å². The number of benzene rings is 3. The molecule has 3 aromatic carbocycles. The number of nitrogens with zero attached hydrogens (tertiary/aromatic N) is 2. The van der Waals surface area contributed by atoms with Crippen molar-refractivity contribution in [3.63, 3.8) is 0 Å². The SMILES string of the molecule is COc1ccc(N=C2SC(CC(=O)Nc3ccc(F)cc3F)C(=O)N2Cc2ccc(F)cc2)cc1. The van der Waals surface area contributed by atoms with Crippen molar-refractivity contribution in [2.45, 2.75) is 18.2 Å². The molecule has 1 unspecified atom stereocenters. The van der Waals surface area contributed by atoms with Crippen LogP contribution in [0.15, 0.2) is 71.7 Å². The number of carbonyl (C=O) groups is 2. The molecule has 180 valence electrons. The normalized spacial score (nSPS) is 16.6. The number of hydrogen-bond donors (Lipinski definition) is 1. The van der Waals surface area contributed by atoms with Crippen LogP contribution in [0.1, 0.15) is 12.0 Å². The molecule has 0 aliphatic carbocycles. The summed E-state index contributed by atoms with van der Waals surface area (Å²) in [5, 5.41) is 1.93. The van der Waals surface area contributed by atoms with Crippen molar-refractivity contribution in [2.24, 2.45) is 4.99 Å². The Balaban J connectivity index is 1.55. The molecule has 1 fully saturated rings. The van der Waals surface area contributed by atoms with Gasteiger partial charge in [0.15, 0.2) is 5.17 Å². The molecule has 0 spiro atoms. The number of nitrogens with one attached hydrogen (secondary N) is 1. The summed E-state index contributed by atoms with van der Waals surface area (Å²) in [4.78, 5) is 31.7. The summed E-state index contributed by atoms with van der Waals surface area (Å²) in [6.45, 7) is 0.131. The van der Waals surface area contributed by atoms with Gasteiger partial charge < -0.3 is 10.1 Å². The summed E-state index contributed by atoms with van der Waals surface area (Å²) < 4.78 is 45.5. The van der Waals surface area contributed by atoms with E-state index in [-0.39, 0.29) is 24.6 Å². The molecule has 1 atom stereocenters. The lowest BCUT2D eigenvalue weighted by molar-refractivity contribution is -0.128. The first-order chi connectivity index (χ1) is 16.8. The maximum Gasteiger partial charge on any atom is 0.242 e. The average molecular weight is 500 g/mol. The minimum atomic E-state index is -0.913. The molecule has 0 radical (unpaired) electrons. The van der Waals surface area contributed by atoms with Gasteiger partial charge >= 0.3 is 0 Å². The van der Waals surface area contributed by atoms with E-state index in [1.54, 1.807) is 43.5 Å². The summed E-state index contributed by atoms with van der Waals surface area (Å²) in [7, 11) is 1.55. The zero-order chi connectivity index (χ0) is 24.9. The Morgan fingerprint density at radius 3 is 2.37 bits per heavy atom. The molecule has 0 aromatic heterocycles. The highest BCUT2D eigenvalue weighted by atomic mass is 32.2. The molecule has 10 heteroatoms. The fraction of sp³-hybridized carbons (Fsp3) is 0.160. The Morgan fingerprint density at radius 1 is 1.03 bits per heavy atom. The van der Waals surface area contributed by atoms with Crippen molar-refractivity contribution < 1.29 is 27.5 Å². The van der Waals surface area contributed by atoms with Crippen LogP contribution in [0, 0.1) is 17.5 Å². The standard InChI is InChI=1S/C25H20F3N3O3S/c1-34-19-9-7-18(8-10-19)29-25-31(14-15-2-4-16(26)5-3-15)24(33)22(35-25)13-23(32)30-21-11-6-17(27)12-20(21)28/h2-12,22H,13-14H2,1H3,(H,30,32). The quantitative estimate of drug-likeness (QED) is 0.481. The van der Waals surface area contributed by atoms with Crippen LogP contribution in [0.4, 0.5) is 24.5 Å². The predicted octanol–water partition coefficient (Wildman–Crippen LogP) is 5.27. The number of rotatable bonds is 7. The number of carbonyl (C=O) groups excluding carboxylic acids is 2. The number of methoxy groups -OCH3 is 1.